The third-order valence-corrected chi connectivity index (χ3v) is 1.82. The Hall–Kier alpha value is -1.57. The summed E-state index contributed by atoms with van der Waals surface area (Å²) in [5, 5.41) is 16.0. The fourth-order valence-corrected chi connectivity index (χ4v) is 1.10. The first kappa shape index (κ1) is 12.5. The Kier molecular flexibility index (Phi) is 3.53. The van der Waals surface area contributed by atoms with Crippen molar-refractivity contribution >= 4 is 5.69 Å². The molecule has 1 rings (SSSR count). The van der Waals surface area contributed by atoms with Gasteiger partial charge in [0.05, 0.1) is 18.5 Å². The van der Waals surface area contributed by atoms with Gasteiger partial charge in [-0.05, 0) is 6.92 Å². The molecule has 0 unspecified atom stereocenters. The van der Waals surface area contributed by atoms with Crippen LogP contribution in [0.5, 0.6) is 0 Å². The number of alkyl halides is 3. The van der Waals surface area contributed by atoms with Gasteiger partial charge in [0.1, 0.15) is 5.56 Å². The summed E-state index contributed by atoms with van der Waals surface area (Å²) in [4.78, 5) is 11.0. The van der Waals surface area contributed by atoms with E-state index in [0.717, 1.165) is 6.20 Å². The molecule has 8 heteroatoms. The predicted octanol–water partition coefficient (Wildman–Crippen LogP) is 0.581. The summed E-state index contributed by atoms with van der Waals surface area (Å²) in [6.45, 7) is 1.12. The lowest BCUT2D eigenvalue weighted by atomic mass is 10.2. The van der Waals surface area contributed by atoms with Crippen molar-refractivity contribution in [2.45, 2.75) is 19.1 Å². The van der Waals surface area contributed by atoms with Crippen LogP contribution in [0.15, 0.2) is 11.0 Å². The fraction of sp³-hybridized carbons (Fsp3) is 0.500. The molecule has 0 aliphatic carbocycles. The number of aliphatic hydroxyl groups is 1. The van der Waals surface area contributed by atoms with E-state index in [1.165, 1.54) is 6.92 Å². The maximum Gasteiger partial charge on any atom is 0.423 e. The standard InChI is InChI=1S/C8H10F3N3O2/c1-4(3-15)13-5-2-12-14-7(16)6(5)8(9,10)11/h2,4,15H,3H2,1H3,(H2,13,14,16)/t4-/m1/s1. The van der Waals surface area contributed by atoms with Crippen LogP contribution in [0.1, 0.15) is 12.5 Å². The van der Waals surface area contributed by atoms with Gasteiger partial charge in [0.25, 0.3) is 5.56 Å². The van der Waals surface area contributed by atoms with Crippen LogP contribution in [-0.2, 0) is 6.18 Å². The molecule has 0 amide bonds. The van der Waals surface area contributed by atoms with Gasteiger partial charge in [0.2, 0.25) is 0 Å². The Balaban J connectivity index is 3.19. The minimum Gasteiger partial charge on any atom is -0.394 e. The molecule has 5 nitrogen and oxygen atoms in total. The second-order valence-corrected chi connectivity index (χ2v) is 3.21. The molecule has 3 N–H and O–H groups in total. The van der Waals surface area contributed by atoms with E-state index in [2.05, 4.69) is 10.4 Å². The maximum absolute atomic E-state index is 12.5. The number of H-pyrrole nitrogens is 1. The molecular weight excluding hydrogens is 227 g/mol. The van der Waals surface area contributed by atoms with Crippen LogP contribution in [0, 0.1) is 0 Å². The van der Waals surface area contributed by atoms with Crippen molar-refractivity contribution in [1.29, 1.82) is 0 Å². The first-order valence-corrected chi connectivity index (χ1v) is 4.38. The summed E-state index contributed by atoms with van der Waals surface area (Å²) in [5.41, 5.74) is -3.11. The zero-order valence-electron chi connectivity index (χ0n) is 8.30. The molecule has 0 radical (unpaired) electrons. The van der Waals surface area contributed by atoms with Crippen molar-refractivity contribution in [2.24, 2.45) is 0 Å². The molecule has 1 aromatic heterocycles. The van der Waals surface area contributed by atoms with Crippen LogP contribution in [0.3, 0.4) is 0 Å². The number of anilines is 1. The molecule has 0 aliphatic heterocycles. The Morgan fingerprint density at radius 2 is 2.25 bits per heavy atom. The minimum atomic E-state index is -4.77. The van der Waals surface area contributed by atoms with Crippen LogP contribution in [0.2, 0.25) is 0 Å². The van der Waals surface area contributed by atoms with E-state index >= 15 is 0 Å². The second kappa shape index (κ2) is 4.52. The fourth-order valence-electron chi connectivity index (χ4n) is 1.10. The highest BCUT2D eigenvalue weighted by Gasteiger charge is 2.37. The largest absolute Gasteiger partial charge is 0.423 e. The van der Waals surface area contributed by atoms with Crippen LogP contribution in [0.25, 0.3) is 0 Å². The Bertz CT molecular complexity index is 416. The minimum absolute atomic E-state index is 0.357. The van der Waals surface area contributed by atoms with Gasteiger partial charge in [-0.3, -0.25) is 4.79 Å². The molecule has 0 bridgehead atoms. The number of nitrogens with one attached hydrogen (secondary N) is 2. The third-order valence-electron chi connectivity index (χ3n) is 1.82. The summed E-state index contributed by atoms with van der Waals surface area (Å²) in [6.07, 6.45) is -3.91. The highest BCUT2D eigenvalue weighted by Crippen LogP contribution is 2.31. The van der Waals surface area contributed by atoms with E-state index in [1.807, 2.05) is 0 Å². The van der Waals surface area contributed by atoms with Gasteiger partial charge in [-0.2, -0.15) is 18.3 Å². The molecule has 1 aromatic rings. The first-order valence-electron chi connectivity index (χ1n) is 4.38. The highest BCUT2D eigenvalue weighted by atomic mass is 19.4. The number of halogens is 3. The normalized spacial score (nSPS) is 13.6. The Labute approximate surface area is 88.3 Å². The molecule has 0 saturated carbocycles. The zero-order chi connectivity index (χ0) is 12.3. The number of hydrogen-bond acceptors (Lipinski definition) is 4. The Morgan fingerprint density at radius 1 is 1.62 bits per heavy atom. The Morgan fingerprint density at radius 3 is 2.75 bits per heavy atom. The molecule has 16 heavy (non-hydrogen) atoms. The lowest BCUT2D eigenvalue weighted by Crippen LogP contribution is -2.28. The highest BCUT2D eigenvalue weighted by molar-refractivity contribution is 5.49. The molecular formula is C8H10F3N3O2. The number of rotatable bonds is 3. The molecule has 1 atom stereocenters. The van der Waals surface area contributed by atoms with E-state index in [4.69, 9.17) is 5.11 Å². The molecule has 0 spiro atoms. The molecule has 0 aromatic carbocycles. The summed E-state index contributed by atoms with van der Waals surface area (Å²) in [5.74, 6) is 0. The van der Waals surface area contributed by atoms with Gasteiger partial charge in [-0.25, -0.2) is 5.10 Å². The average Bonchev–Trinajstić information content (AvgIpc) is 2.15. The van der Waals surface area contributed by atoms with Crippen molar-refractivity contribution < 1.29 is 18.3 Å². The van der Waals surface area contributed by atoms with E-state index in [-0.39, 0.29) is 6.61 Å². The van der Waals surface area contributed by atoms with Crippen LogP contribution >= 0.6 is 0 Å². The van der Waals surface area contributed by atoms with Gasteiger partial charge >= 0.3 is 6.18 Å². The SMILES string of the molecule is C[C@H](CO)Nc1cn[nH]c(=O)c1C(F)(F)F. The van der Waals surface area contributed by atoms with Crippen molar-refractivity contribution in [1.82, 2.24) is 10.2 Å². The van der Waals surface area contributed by atoms with Crippen LogP contribution in [0.4, 0.5) is 18.9 Å². The van der Waals surface area contributed by atoms with Crippen LogP contribution < -0.4 is 10.9 Å². The van der Waals surface area contributed by atoms with Gasteiger partial charge < -0.3 is 10.4 Å². The smallest absolute Gasteiger partial charge is 0.394 e. The molecule has 0 fully saturated rings. The number of hydrogen-bond donors (Lipinski definition) is 3. The summed E-state index contributed by atoms with van der Waals surface area (Å²) in [6, 6.07) is -0.607. The van der Waals surface area contributed by atoms with E-state index in [0.29, 0.717) is 0 Å². The van der Waals surface area contributed by atoms with Gasteiger partial charge in [-0.15, -0.1) is 0 Å². The van der Waals surface area contributed by atoms with Gasteiger partial charge in [-0.1, -0.05) is 0 Å². The summed E-state index contributed by atoms with van der Waals surface area (Å²) >= 11 is 0. The van der Waals surface area contributed by atoms with Crippen molar-refractivity contribution in [3.05, 3.63) is 22.1 Å². The van der Waals surface area contributed by atoms with Crippen molar-refractivity contribution in [3.8, 4) is 0 Å². The van der Waals surface area contributed by atoms with E-state index < -0.39 is 29.0 Å². The number of aliphatic hydroxyl groups excluding tert-OH is 1. The maximum atomic E-state index is 12.5. The van der Waals surface area contributed by atoms with Crippen molar-refractivity contribution in [2.75, 3.05) is 11.9 Å². The van der Waals surface area contributed by atoms with Gasteiger partial charge in [0, 0.05) is 6.04 Å². The number of nitrogens with zero attached hydrogens (tertiary/aromatic N) is 1. The average molecular weight is 237 g/mol. The first-order chi connectivity index (χ1) is 7.36. The van der Waals surface area contributed by atoms with E-state index in [9.17, 15) is 18.0 Å². The monoisotopic (exact) mass is 237 g/mol. The third kappa shape index (κ3) is 2.72. The predicted molar refractivity (Wildman–Crippen MR) is 50.0 cm³/mol. The summed E-state index contributed by atoms with van der Waals surface area (Å²) in [7, 11) is 0. The lowest BCUT2D eigenvalue weighted by molar-refractivity contribution is -0.138. The van der Waals surface area contributed by atoms with Crippen molar-refractivity contribution in [3.63, 3.8) is 0 Å². The van der Waals surface area contributed by atoms with Gasteiger partial charge in [0.15, 0.2) is 0 Å². The molecule has 0 saturated heterocycles. The quantitative estimate of drug-likeness (QED) is 0.718. The van der Waals surface area contributed by atoms with Crippen LogP contribution in [-0.4, -0.2) is 28.0 Å². The second-order valence-electron chi connectivity index (χ2n) is 3.21. The molecule has 0 aliphatic rings. The topological polar surface area (TPSA) is 78.0 Å². The lowest BCUT2D eigenvalue weighted by Gasteiger charge is -2.16. The number of aromatic amines is 1. The zero-order valence-corrected chi connectivity index (χ0v) is 8.30. The number of aromatic nitrogens is 2. The molecule has 90 valence electrons. The van der Waals surface area contributed by atoms with E-state index in [1.54, 1.807) is 5.10 Å². The summed E-state index contributed by atoms with van der Waals surface area (Å²) < 4.78 is 37.5. The molecule has 1 heterocycles.